The van der Waals surface area contributed by atoms with Crippen LogP contribution in [0.25, 0.3) is 22.2 Å². The molecule has 4 heterocycles. The van der Waals surface area contributed by atoms with E-state index in [9.17, 15) is 9.90 Å². The molecule has 3 aromatic carbocycles. The molecule has 1 amide bonds. The molecule has 5 aromatic rings. The van der Waals surface area contributed by atoms with Gasteiger partial charge < -0.3 is 24.4 Å². The average Bonchev–Trinajstić information content (AvgIpc) is 3.46. The van der Waals surface area contributed by atoms with Gasteiger partial charge in [0.2, 0.25) is 11.8 Å². The minimum atomic E-state index is -0.799. The van der Waals surface area contributed by atoms with E-state index in [4.69, 9.17) is 19.6 Å². The second kappa shape index (κ2) is 14.6. The van der Waals surface area contributed by atoms with E-state index in [1.165, 1.54) is 5.69 Å². The van der Waals surface area contributed by atoms with Crippen molar-refractivity contribution in [3.63, 3.8) is 0 Å². The zero-order valence-electron chi connectivity index (χ0n) is 28.2. The molecule has 7 rings (SSSR count). The number of pyridine rings is 1. The molecule has 0 saturated carbocycles. The molecule has 0 radical (unpaired) electrons. The molecule has 254 valence electrons. The first-order chi connectivity index (χ1) is 23.9. The molecular weight excluding hydrogens is 616 g/mol. The Hall–Kier alpha value is -5.09. The zero-order chi connectivity index (χ0) is 33.7. The van der Waals surface area contributed by atoms with Crippen LogP contribution in [0.4, 0.5) is 10.5 Å². The second-order valence-electron chi connectivity index (χ2n) is 13.3. The molecule has 2 atom stereocenters. The number of nitrogens with zero attached hydrogens (tertiary/aromatic N) is 6. The van der Waals surface area contributed by atoms with E-state index in [-0.39, 0.29) is 0 Å². The fourth-order valence-corrected chi connectivity index (χ4v) is 7.05. The summed E-state index contributed by atoms with van der Waals surface area (Å²) in [4.78, 5) is 22.8. The maximum Gasteiger partial charge on any atom is 0.407 e. The number of carbonyl (C=O) groups is 1. The van der Waals surface area contributed by atoms with Crippen molar-refractivity contribution in [3.05, 3.63) is 102 Å². The first-order valence-electron chi connectivity index (χ1n) is 17.2. The molecule has 2 fully saturated rings. The van der Waals surface area contributed by atoms with E-state index < -0.39 is 6.09 Å². The van der Waals surface area contributed by atoms with Crippen LogP contribution in [0, 0.1) is 11.8 Å². The Labute approximate surface area is 287 Å². The number of amides is 1. The Balaban J connectivity index is 1.07. The second-order valence-corrected chi connectivity index (χ2v) is 13.3. The van der Waals surface area contributed by atoms with E-state index in [1.807, 2.05) is 84.5 Å². The third-order valence-corrected chi connectivity index (χ3v) is 9.96. The molecule has 0 unspecified atom stereocenters. The van der Waals surface area contributed by atoms with Crippen LogP contribution in [0.2, 0.25) is 0 Å². The average molecular weight is 661 g/mol. The molecule has 2 saturated heterocycles. The summed E-state index contributed by atoms with van der Waals surface area (Å²) in [5.41, 5.74) is 6.00. The molecule has 2 aliphatic heterocycles. The maximum absolute atomic E-state index is 11.4. The smallest absolute Gasteiger partial charge is 0.407 e. The number of hydrogen-bond donors (Lipinski definition) is 1. The van der Waals surface area contributed by atoms with Gasteiger partial charge in [0.25, 0.3) is 0 Å². The van der Waals surface area contributed by atoms with Gasteiger partial charge in [-0.05, 0) is 53.6 Å². The number of likely N-dealkylation sites (tertiary alicyclic amines) is 1. The first kappa shape index (κ1) is 32.5. The van der Waals surface area contributed by atoms with Crippen LogP contribution in [0.3, 0.4) is 0 Å². The van der Waals surface area contributed by atoms with Crippen LogP contribution in [0.15, 0.2) is 91.0 Å². The minimum absolute atomic E-state index is 0.377. The highest BCUT2D eigenvalue weighted by molar-refractivity contribution is 5.96. The summed E-state index contributed by atoms with van der Waals surface area (Å²) in [5.74, 6) is 1.89. The quantitative estimate of drug-likeness (QED) is 0.180. The number of piperidine rings is 1. The van der Waals surface area contributed by atoms with E-state index in [0.717, 1.165) is 72.4 Å². The van der Waals surface area contributed by atoms with Crippen molar-refractivity contribution in [2.45, 2.75) is 26.6 Å². The van der Waals surface area contributed by atoms with Gasteiger partial charge in [0.15, 0.2) is 0 Å². The van der Waals surface area contributed by atoms with Gasteiger partial charge in [-0.3, -0.25) is 9.58 Å². The number of hydrogen-bond acceptors (Lipinski definition) is 7. The molecular formula is C39H44N6O4. The van der Waals surface area contributed by atoms with Gasteiger partial charge in [0.1, 0.15) is 18.9 Å². The summed E-state index contributed by atoms with van der Waals surface area (Å²) in [7, 11) is 1.99. The molecule has 2 aliphatic rings. The number of anilines is 1. The van der Waals surface area contributed by atoms with Gasteiger partial charge in [-0.2, -0.15) is 10.1 Å². The molecule has 0 spiro atoms. The summed E-state index contributed by atoms with van der Waals surface area (Å²) in [5, 5.41) is 15.4. The van der Waals surface area contributed by atoms with E-state index in [2.05, 4.69) is 34.9 Å². The minimum Gasteiger partial charge on any atom is -0.473 e. The summed E-state index contributed by atoms with van der Waals surface area (Å²) in [6.07, 6.45) is 0.137. The van der Waals surface area contributed by atoms with Crippen LogP contribution < -0.4 is 14.4 Å². The van der Waals surface area contributed by atoms with Crippen molar-refractivity contribution in [1.29, 1.82) is 0 Å². The fourth-order valence-electron chi connectivity index (χ4n) is 7.05. The Bertz CT molecular complexity index is 1870. The number of ether oxygens (including phenoxy) is 2. The monoisotopic (exact) mass is 660 g/mol. The number of rotatable bonds is 10. The molecule has 0 bridgehead atoms. The van der Waals surface area contributed by atoms with Crippen LogP contribution in [0.1, 0.15) is 24.5 Å². The predicted octanol–water partition coefficient (Wildman–Crippen LogP) is 6.55. The molecule has 49 heavy (non-hydrogen) atoms. The summed E-state index contributed by atoms with van der Waals surface area (Å²) >= 11 is 0. The fraction of sp³-hybridized carbons (Fsp3) is 0.359. The highest BCUT2D eigenvalue weighted by Crippen LogP contribution is 2.37. The van der Waals surface area contributed by atoms with Gasteiger partial charge in [-0.25, -0.2) is 4.79 Å². The SMILES string of the molecule is C[C@H]1CN(C(=O)O)CC[C@@H]1CN1CCN(c2ccc3c(-c4ccc(OCc5ccccc5)nc4OCc4ccccc4)nn(C)c3c2)CC1. The molecule has 0 aliphatic carbocycles. The van der Waals surface area contributed by atoms with Crippen molar-refractivity contribution in [3.8, 4) is 23.0 Å². The number of aryl methyl sites for hydroxylation is 1. The van der Waals surface area contributed by atoms with Crippen molar-refractivity contribution in [1.82, 2.24) is 24.6 Å². The third-order valence-electron chi connectivity index (χ3n) is 9.96. The maximum atomic E-state index is 11.4. The van der Waals surface area contributed by atoms with Crippen molar-refractivity contribution in [2.75, 3.05) is 50.7 Å². The van der Waals surface area contributed by atoms with Gasteiger partial charge in [-0.15, -0.1) is 0 Å². The summed E-state index contributed by atoms with van der Waals surface area (Å²) < 4.78 is 14.4. The van der Waals surface area contributed by atoms with Gasteiger partial charge >= 0.3 is 6.09 Å². The van der Waals surface area contributed by atoms with Crippen molar-refractivity contribution >= 4 is 22.7 Å². The lowest BCUT2D eigenvalue weighted by atomic mass is 9.86. The number of benzene rings is 3. The topological polar surface area (TPSA) is 96.2 Å². The Morgan fingerprint density at radius 1 is 0.857 bits per heavy atom. The number of piperazine rings is 1. The summed E-state index contributed by atoms with van der Waals surface area (Å²) in [6, 6.07) is 30.6. The largest absolute Gasteiger partial charge is 0.473 e. The lowest BCUT2D eigenvalue weighted by molar-refractivity contribution is 0.0836. The van der Waals surface area contributed by atoms with Crippen LogP contribution in [-0.4, -0.2) is 81.6 Å². The van der Waals surface area contributed by atoms with Crippen molar-refractivity contribution < 1.29 is 19.4 Å². The Morgan fingerprint density at radius 3 is 2.22 bits per heavy atom. The third kappa shape index (κ3) is 7.49. The molecule has 2 aromatic heterocycles. The predicted molar refractivity (Wildman–Crippen MR) is 191 cm³/mol. The molecule has 10 nitrogen and oxygen atoms in total. The number of aromatic nitrogens is 3. The van der Waals surface area contributed by atoms with Crippen LogP contribution >= 0.6 is 0 Å². The van der Waals surface area contributed by atoms with Crippen molar-refractivity contribution in [2.24, 2.45) is 18.9 Å². The highest BCUT2D eigenvalue weighted by atomic mass is 16.5. The first-order valence-corrected chi connectivity index (χ1v) is 17.2. The van der Waals surface area contributed by atoms with Gasteiger partial charge in [0, 0.05) is 70.0 Å². The number of fused-ring (bicyclic) bond motifs is 1. The standard InChI is InChI=1S/C39H44N6O4/c1-28-24-45(39(46)47)18-17-31(28)25-43-19-21-44(22-20-43)32-13-14-33-35(23-32)42(2)41-37(33)34-15-16-36(48-26-29-9-5-3-6-10-29)40-38(34)49-27-30-11-7-4-8-12-30/h3-16,23,28,31H,17-22,24-27H2,1-2H3,(H,46,47)/t28-,31+/m0/s1. The molecule has 10 heteroatoms. The van der Waals surface area contributed by atoms with E-state index in [1.54, 1.807) is 4.90 Å². The number of carboxylic acid groups (broad SMARTS) is 1. The lowest BCUT2D eigenvalue weighted by Gasteiger charge is -2.41. The highest BCUT2D eigenvalue weighted by Gasteiger charge is 2.31. The van der Waals surface area contributed by atoms with E-state index in [0.29, 0.717) is 49.9 Å². The Morgan fingerprint density at radius 2 is 1.55 bits per heavy atom. The normalized spacial score (nSPS) is 18.5. The molecule has 1 N–H and O–H groups in total. The lowest BCUT2D eigenvalue weighted by Crippen LogP contribution is -2.50. The zero-order valence-corrected chi connectivity index (χ0v) is 28.2. The van der Waals surface area contributed by atoms with Crippen LogP contribution in [0.5, 0.6) is 11.8 Å². The van der Waals surface area contributed by atoms with Gasteiger partial charge in [-0.1, -0.05) is 67.6 Å². The van der Waals surface area contributed by atoms with Crippen LogP contribution in [-0.2, 0) is 20.3 Å². The van der Waals surface area contributed by atoms with Gasteiger partial charge in [0.05, 0.1) is 11.1 Å². The summed E-state index contributed by atoms with van der Waals surface area (Å²) in [6.45, 7) is 9.18. The Kier molecular flexibility index (Phi) is 9.65. The van der Waals surface area contributed by atoms with E-state index >= 15 is 0 Å².